The molecule has 0 aliphatic rings. The fourth-order valence-corrected chi connectivity index (χ4v) is 2.44. The average molecular weight is 282 g/mol. The largest absolute Gasteiger partial charge is 0.348 e. The molecule has 3 nitrogen and oxygen atoms in total. The Balaban J connectivity index is 2.13. The Bertz CT molecular complexity index is 566. The predicted molar refractivity (Wildman–Crippen MR) is 85.9 cm³/mol. The van der Waals surface area contributed by atoms with Gasteiger partial charge in [-0.1, -0.05) is 60.7 Å². The number of hydrogen-bond acceptors (Lipinski definition) is 2. The lowest BCUT2D eigenvalue weighted by Crippen LogP contribution is -2.38. The van der Waals surface area contributed by atoms with Gasteiger partial charge < -0.3 is 5.32 Å². The maximum absolute atomic E-state index is 12.6. The maximum Gasteiger partial charge on any atom is 0.242 e. The Morgan fingerprint density at radius 2 is 1.38 bits per heavy atom. The van der Waals surface area contributed by atoms with Crippen molar-refractivity contribution < 1.29 is 4.79 Å². The lowest BCUT2D eigenvalue weighted by atomic mass is 10.0. The molecule has 110 valence electrons. The summed E-state index contributed by atoms with van der Waals surface area (Å²) in [5, 5.41) is 3.10. The van der Waals surface area contributed by atoms with Crippen molar-refractivity contribution >= 4 is 5.91 Å². The van der Waals surface area contributed by atoms with E-state index in [2.05, 4.69) is 5.32 Å². The Morgan fingerprint density at radius 3 is 1.86 bits per heavy atom. The third-order valence-corrected chi connectivity index (χ3v) is 3.54. The summed E-state index contributed by atoms with van der Waals surface area (Å²) in [6.07, 6.45) is 0. The Morgan fingerprint density at radius 1 is 0.905 bits per heavy atom. The number of likely N-dealkylation sites (N-methyl/N-ethyl adjacent to an activating group) is 1. The molecule has 2 atom stereocenters. The molecule has 0 bridgehead atoms. The molecule has 3 heteroatoms. The van der Waals surface area contributed by atoms with Gasteiger partial charge in [-0.2, -0.15) is 0 Å². The van der Waals surface area contributed by atoms with E-state index in [0.717, 1.165) is 11.1 Å². The lowest BCUT2D eigenvalue weighted by Gasteiger charge is -2.26. The van der Waals surface area contributed by atoms with Gasteiger partial charge in [0.25, 0.3) is 0 Å². The highest BCUT2D eigenvalue weighted by molar-refractivity contribution is 5.83. The van der Waals surface area contributed by atoms with Gasteiger partial charge in [0.05, 0.1) is 6.04 Å². The number of benzene rings is 2. The zero-order valence-corrected chi connectivity index (χ0v) is 12.8. The molecule has 2 aromatic rings. The van der Waals surface area contributed by atoms with Crippen LogP contribution in [0.2, 0.25) is 0 Å². The minimum atomic E-state index is -0.280. The molecule has 21 heavy (non-hydrogen) atoms. The van der Waals surface area contributed by atoms with Gasteiger partial charge in [0.2, 0.25) is 5.91 Å². The molecule has 0 saturated heterocycles. The fraction of sp³-hybridized carbons (Fsp3) is 0.278. The third kappa shape index (κ3) is 3.92. The summed E-state index contributed by atoms with van der Waals surface area (Å²) in [6.45, 7) is 2.00. The Labute approximate surface area is 126 Å². The summed E-state index contributed by atoms with van der Waals surface area (Å²) in [5.74, 6) is 0.0163. The van der Waals surface area contributed by atoms with Gasteiger partial charge in [-0.3, -0.25) is 9.69 Å². The number of amides is 1. The van der Waals surface area contributed by atoms with Crippen molar-refractivity contribution in [3.05, 3.63) is 71.8 Å². The van der Waals surface area contributed by atoms with Crippen LogP contribution in [0.5, 0.6) is 0 Å². The number of carbonyl (C=O) groups is 1. The molecule has 0 aromatic heterocycles. The van der Waals surface area contributed by atoms with E-state index in [0.29, 0.717) is 0 Å². The van der Waals surface area contributed by atoms with Crippen molar-refractivity contribution in [2.45, 2.75) is 19.0 Å². The summed E-state index contributed by atoms with van der Waals surface area (Å²) in [6, 6.07) is 19.6. The number of hydrogen-bond donors (Lipinski definition) is 1. The molecule has 0 aliphatic carbocycles. The first-order valence-corrected chi connectivity index (χ1v) is 7.16. The average Bonchev–Trinajstić information content (AvgIpc) is 2.49. The van der Waals surface area contributed by atoms with E-state index in [1.54, 1.807) is 0 Å². The second kappa shape index (κ2) is 7.04. The van der Waals surface area contributed by atoms with Crippen LogP contribution in [0.1, 0.15) is 30.1 Å². The van der Waals surface area contributed by atoms with Gasteiger partial charge in [-0.25, -0.2) is 0 Å². The Hall–Kier alpha value is -2.13. The van der Waals surface area contributed by atoms with Gasteiger partial charge in [0, 0.05) is 0 Å². The Kier molecular flexibility index (Phi) is 5.12. The van der Waals surface area contributed by atoms with E-state index in [9.17, 15) is 4.79 Å². The molecular weight excluding hydrogens is 260 g/mol. The zero-order chi connectivity index (χ0) is 15.2. The van der Waals surface area contributed by atoms with Crippen LogP contribution in [-0.4, -0.2) is 24.9 Å². The van der Waals surface area contributed by atoms with Crippen LogP contribution in [0, 0.1) is 0 Å². The molecule has 1 N–H and O–H groups in total. The van der Waals surface area contributed by atoms with Crippen molar-refractivity contribution in [3.63, 3.8) is 0 Å². The fourth-order valence-electron chi connectivity index (χ4n) is 2.44. The van der Waals surface area contributed by atoms with Crippen LogP contribution >= 0.6 is 0 Å². The van der Waals surface area contributed by atoms with Crippen molar-refractivity contribution in [1.29, 1.82) is 0 Å². The van der Waals surface area contributed by atoms with E-state index in [4.69, 9.17) is 0 Å². The molecular formula is C18H22N2O. The van der Waals surface area contributed by atoms with E-state index in [1.807, 2.05) is 86.6 Å². The number of nitrogens with zero attached hydrogens (tertiary/aromatic N) is 1. The summed E-state index contributed by atoms with van der Waals surface area (Å²) in [4.78, 5) is 14.5. The molecule has 1 amide bonds. The normalized spacial score (nSPS) is 13.7. The highest BCUT2D eigenvalue weighted by Crippen LogP contribution is 2.20. The first kappa shape index (κ1) is 15.3. The van der Waals surface area contributed by atoms with Gasteiger partial charge in [0.15, 0.2) is 0 Å². The third-order valence-electron chi connectivity index (χ3n) is 3.54. The van der Waals surface area contributed by atoms with Gasteiger partial charge >= 0.3 is 0 Å². The first-order valence-electron chi connectivity index (χ1n) is 7.16. The summed E-state index contributed by atoms with van der Waals surface area (Å²) in [5.41, 5.74) is 2.11. The van der Waals surface area contributed by atoms with Crippen molar-refractivity contribution in [1.82, 2.24) is 10.2 Å². The molecule has 0 saturated carbocycles. The van der Waals surface area contributed by atoms with E-state index < -0.39 is 0 Å². The highest BCUT2D eigenvalue weighted by Gasteiger charge is 2.24. The lowest BCUT2D eigenvalue weighted by molar-refractivity contribution is -0.126. The van der Waals surface area contributed by atoms with Crippen LogP contribution in [0.15, 0.2) is 60.7 Å². The number of carbonyl (C=O) groups excluding carboxylic acids is 1. The topological polar surface area (TPSA) is 32.3 Å². The van der Waals surface area contributed by atoms with Crippen LogP contribution < -0.4 is 5.32 Å². The molecule has 0 spiro atoms. The van der Waals surface area contributed by atoms with Crippen LogP contribution in [0.25, 0.3) is 0 Å². The van der Waals surface area contributed by atoms with Gasteiger partial charge in [-0.05, 0) is 32.1 Å². The van der Waals surface area contributed by atoms with E-state index >= 15 is 0 Å². The zero-order valence-electron chi connectivity index (χ0n) is 12.8. The van der Waals surface area contributed by atoms with Crippen molar-refractivity contribution in [2.75, 3.05) is 14.1 Å². The predicted octanol–water partition coefficient (Wildman–Crippen LogP) is 3.17. The molecule has 2 aromatic carbocycles. The minimum absolute atomic E-state index is 0.00939. The van der Waals surface area contributed by atoms with E-state index in [1.165, 1.54) is 0 Å². The van der Waals surface area contributed by atoms with Gasteiger partial charge in [-0.15, -0.1) is 0 Å². The SMILES string of the molecule is CC(NC(=O)C(c1ccccc1)N(C)C)c1ccccc1. The van der Waals surface area contributed by atoms with Crippen molar-refractivity contribution in [3.8, 4) is 0 Å². The van der Waals surface area contributed by atoms with Gasteiger partial charge in [0.1, 0.15) is 6.04 Å². The monoisotopic (exact) mass is 282 g/mol. The second-order valence-corrected chi connectivity index (χ2v) is 5.42. The van der Waals surface area contributed by atoms with E-state index in [-0.39, 0.29) is 18.0 Å². The molecule has 0 fully saturated rings. The molecule has 2 rings (SSSR count). The standard InChI is InChI=1S/C18H22N2O/c1-14(15-10-6-4-7-11-15)19-18(21)17(20(2)3)16-12-8-5-9-13-16/h4-14,17H,1-3H3,(H,19,21). The first-order chi connectivity index (χ1) is 10.1. The molecule has 0 aliphatic heterocycles. The van der Waals surface area contributed by atoms with Crippen LogP contribution in [0.3, 0.4) is 0 Å². The van der Waals surface area contributed by atoms with Crippen LogP contribution in [0.4, 0.5) is 0 Å². The maximum atomic E-state index is 12.6. The quantitative estimate of drug-likeness (QED) is 0.913. The molecule has 2 unspecified atom stereocenters. The highest BCUT2D eigenvalue weighted by atomic mass is 16.2. The van der Waals surface area contributed by atoms with Crippen molar-refractivity contribution in [2.24, 2.45) is 0 Å². The smallest absolute Gasteiger partial charge is 0.242 e. The number of nitrogens with one attached hydrogen (secondary N) is 1. The van der Waals surface area contributed by atoms with Crippen LogP contribution in [-0.2, 0) is 4.79 Å². The molecule has 0 radical (unpaired) electrons. The summed E-state index contributed by atoms with van der Waals surface area (Å²) >= 11 is 0. The minimum Gasteiger partial charge on any atom is -0.348 e. The summed E-state index contributed by atoms with van der Waals surface area (Å²) < 4.78 is 0. The summed E-state index contributed by atoms with van der Waals surface area (Å²) in [7, 11) is 3.84. The number of rotatable bonds is 5. The second-order valence-electron chi connectivity index (χ2n) is 5.42. The molecule has 0 heterocycles.